The first-order chi connectivity index (χ1) is 7.17. The summed E-state index contributed by atoms with van der Waals surface area (Å²) < 4.78 is 13.0. The zero-order valence-electron chi connectivity index (χ0n) is 8.61. The monoisotopic (exact) mass is 211 g/mol. The zero-order chi connectivity index (χ0) is 11.3. The highest BCUT2D eigenvalue weighted by atomic mass is 19.1. The molecule has 1 N–H and O–H groups in total. The second kappa shape index (κ2) is 5.47. The number of likely N-dealkylation sites (N-methyl/N-ethyl adjacent to an activating group) is 1. The van der Waals surface area contributed by atoms with Crippen molar-refractivity contribution in [2.24, 2.45) is 0 Å². The number of carbonyl (C=O) groups excluding carboxylic acids is 1. The van der Waals surface area contributed by atoms with E-state index in [4.69, 9.17) is 5.26 Å². The molecule has 2 unspecified atom stereocenters. The van der Waals surface area contributed by atoms with Gasteiger partial charge in [-0.15, -0.1) is 0 Å². The van der Waals surface area contributed by atoms with Crippen molar-refractivity contribution in [3.63, 3.8) is 0 Å². The van der Waals surface area contributed by atoms with Gasteiger partial charge in [-0.25, -0.2) is 4.39 Å². The fourth-order valence-corrected chi connectivity index (χ4v) is 1.56. The van der Waals surface area contributed by atoms with Crippen LogP contribution in [0.4, 0.5) is 4.39 Å². The summed E-state index contributed by atoms with van der Waals surface area (Å²) in [6.45, 7) is 0.711. The molecule has 2 atom stereocenters. The minimum absolute atomic E-state index is 0.195. The molecule has 1 fully saturated rings. The summed E-state index contributed by atoms with van der Waals surface area (Å²) in [6, 6.07) is 1.68. The van der Waals surface area contributed by atoms with Crippen LogP contribution in [0.3, 0.4) is 0 Å². The van der Waals surface area contributed by atoms with Crippen molar-refractivity contribution >= 4 is 5.91 Å². The van der Waals surface area contributed by atoms with Crippen LogP contribution in [-0.2, 0) is 4.79 Å². The second-order valence-electron chi connectivity index (χ2n) is 3.45. The molecule has 1 heterocycles. The van der Waals surface area contributed by atoms with E-state index in [9.17, 15) is 9.18 Å². The number of hydrogen-bond donors (Lipinski definition) is 1. The molecule has 0 aromatic rings. The van der Waals surface area contributed by atoms with Crippen LogP contribution in [0.5, 0.6) is 0 Å². The molecule has 1 saturated heterocycles. The van der Waals surface area contributed by atoms with Crippen molar-refractivity contribution in [2.75, 3.05) is 20.1 Å². The van der Waals surface area contributed by atoms with Gasteiger partial charge in [0, 0.05) is 32.6 Å². The Morgan fingerprint density at radius 1 is 1.80 bits per heavy atom. The summed E-state index contributed by atoms with van der Waals surface area (Å²) in [5.74, 6) is -0.195. The van der Waals surface area contributed by atoms with Crippen molar-refractivity contribution in [1.29, 1.82) is 5.26 Å². The standard InChI is InChI=1S/C10H14FN3O/c1-13-10(15)3-2-4-14-7-8(11)5-9(14)6-12/h2-3,8-9H,4-5,7H2,1H3,(H,13,15)/b3-2+. The van der Waals surface area contributed by atoms with Crippen LogP contribution in [0.1, 0.15) is 6.42 Å². The van der Waals surface area contributed by atoms with Gasteiger partial charge >= 0.3 is 0 Å². The Balaban J connectivity index is 2.42. The molecule has 4 nitrogen and oxygen atoms in total. The largest absolute Gasteiger partial charge is 0.356 e. The quantitative estimate of drug-likeness (QED) is 0.680. The maximum Gasteiger partial charge on any atom is 0.243 e. The van der Waals surface area contributed by atoms with Gasteiger partial charge in [0.15, 0.2) is 0 Å². The summed E-state index contributed by atoms with van der Waals surface area (Å²) in [6.07, 6.45) is 2.37. The predicted molar refractivity (Wildman–Crippen MR) is 53.7 cm³/mol. The average Bonchev–Trinajstić information content (AvgIpc) is 2.58. The van der Waals surface area contributed by atoms with Crippen LogP contribution in [0, 0.1) is 11.3 Å². The number of amides is 1. The Morgan fingerprint density at radius 3 is 3.13 bits per heavy atom. The van der Waals surface area contributed by atoms with Gasteiger partial charge in [0.1, 0.15) is 12.2 Å². The van der Waals surface area contributed by atoms with Crippen LogP contribution in [0.25, 0.3) is 0 Å². The van der Waals surface area contributed by atoms with Gasteiger partial charge in [-0.2, -0.15) is 5.26 Å². The van der Waals surface area contributed by atoms with Crippen molar-refractivity contribution in [1.82, 2.24) is 10.2 Å². The molecular formula is C10H14FN3O. The van der Waals surface area contributed by atoms with Crippen LogP contribution in [0.2, 0.25) is 0 Å². The van der Waals surface area contributed by atoms with Gasteiger partial charge < -0.3 is 5.32 Å². The van der Waals surface area contributed by atoms with E-state index in [1.807, 2.05) is 6.07 Å². The Morgan fingerprint density at radius 2 is 2.53 bits per heavy atom. The van der Waals surface area contributed by atoms with E-state index in [0.29, 0.717) is 6.54 Å². The first-order valence-electron chi connectivity index (χ1n) is 4.83. The van der Waals surface area contributed by atoms with Gasteiger partial charge in [-0.05, 0) is 0 Å². The van der Waals surface area contributed by atoms with E-state index in [2.05, 4.69) is 5.32 Å². The number of alkyl halides is 1. The normalized spacial score (nSPS) is 26.7. The first-order valence-corrected chi connectivity index (χ1v) is 4.83. The summed E-state index contributed by atoms with van der Waals surface area (Å²) in [5, 5.41) is 11.2. The Labute approximate surface area is 88.4 Å². The molecule has 0 aliphatic carbocycles. The number of nitriles is 1. The molecule has 0 aromatic heterocycles. The fraction of sp³-hybridized carbons (Fsp3) is 0.600. The van der Waals surface area contributed by atoms with Gasteiger partial charge in [-0.1, -0.05) is 6.08 Å². The summed E-state index contributed by atoms with van der Waals surface area (Å²) >= 11 is 0. The van der Waals surface area contributed by atoms with Crippen LogP contribution in [-0.4, -0.2) is 43.2 Å². The smallest absolute Gasteiger partial charge is 0.243 e. The SMILES string of the molecule is CNC(=O)/C=C/CN1CC(F)CC1C#N. The van der Waals surface area contributed by atoms with Crippen molar-refractivity contribution in [2.45, 2.75) is 18.6 Å². The molecule has 1 aliphatic heterocycles. The molecule has 1 aliphatic rings. The maximum absolute atomic E-state index is 13.0. The van der Waals surface area contributed by atoms with E-state index in [1.165, 1.54) is 13.1 Å². The minimum Gasteiger partial charge on any atom is -0.356 e. The highest BCUT2D eigenvalue weighted by Gasteiger charge is 2.30. The summed E-state index contributed by atoms with van der Waals surface area (Å²) in [5.41, 5.74) is 0. The topological polar surface area (TPSA) is 56.1 Å². The van der Waals surface area contributed by atoms with Crippen molar-refractivity contribution in [3.05, 3.63) is 12.2 Å². The van der Waals surface area contributed by atoms with E-state index in [1.54, 1.807) is 11.0 Å². The van der Waals surface area contributed by atoms with E-state index in [0.717, 1.165) is 0 Å². The summed E-state index contributed by atoms with van der Waals surface area (Å²) in [4.78, 5) is 12.6. The number of nitrogens with one attached hydrogen (secondary N) is 1. The maximum atomic E-state index is 13.0. The lowest BCUT2D eigenvalue weighted by Gasteiger charge is -2.15. The molecule has 0 bridgehead atoms. The molecule has 1 rings (SSSR count). The third-order valence-corrected chi connectivity index (χ3v) is 2.36. The van der Waals surface area contributed by atoms with E-state index in [-0.39, 0.29) is 24.9 Å². The van der Waals surface area contributed by atoms with Gasteiger partial charge in [0.2, 0.25) is 5.91 Å². The van der Waals surface area contributed by atoms with E-state index < -0.39 is 6.17 Å². The van der Waals surface area contributed by atoms with Gasteiger partial charge in [0.05, 0.1) is 6.07 Å². The average molecular weight is 211 g/mol. The molecule has 0 spiro atoms. The highest BCUT2D eigenvalue weighted by Crippen LogP contribution is 2.19. The Kier molecular flexibility index (Phi) is 4.25. The third kappa shape index (κ3) is 3.33. The molecular weight excluding hydrogens is 197 g/mol. The molecule has 0 radical (unpaired) electrons. The van der Waals surface area contributed by atoms with Crippen LogP contribution >= 0.6 is 0 Å². The fourth-order valence-electron chi connectivity index (χ4n) is 1.56. The van der Waals surface area contributed by atoms with Crippen LogP contribution < -0.4 is 5.32 Å². The number of hydrogen-bond acceptors (Lipinski definition) is 3. The lowest BCUT2D eigenvalue weighted by molar-refractivity contribution is -0.116. The lowest BCUT2D eigenvalue weighted by atomic mass is 10.2. The van der Waals surface area contributed by atoms with Gasteiger partial charge in [0.25, 0.3) is 0 Å². The van der Waals surface area contributed by atoms with Crippen molar-refractivity contribution < 1.29 is 9.18 Å². The number of rotatable bonds is 3. The Bertz CT molecular complexity index is 298. The summed E-state index contributed by atoms with van der Waals surface area (Å²) in [7, 11) is 1.54. The number of halogens is 1. The zero-order valence-corrected chi connectivity index (χ0v) is 8.61. The number of carbonyl (C=O) groups is 1. The lowest BCUT2D eigenvalue weighted by Crippen LogP contribution is -2.28. The minimum atomic E-state index is -0.928. The first kappa shape index (κ1) is 11.7. The molecule has 82 valence electrons. The Hall–Kier alpha value is -1.41. The molecule has 1 amide bonds. The third-order valence-electron chi connectivity index (χ3n) is 2.36. The van der Waals surface area contributed by atoms with Crippen LogP contribution in [0.15, 0.2) is 12.2 Å². The number of nitrogens with zero attached hydrogens (tertiary/aromatic N) is 2. The number of likely N-dealkylation sites (tertiary alicyclic amines) is 1. The predicted octanol–water partition coefficient (Wildman–Crippen LogP) is 0.225. The second-order valence-corrected chi connectivity index (χ2v) is 3.45. The molecule has 0 saturated carbocycles. The highest BCUT2D eigenvalue weighted by molar-refractivity contribution is 5.87. The van der Waals surface area contributed by atoms with E-state index >= 15 is 0 Å². The molecule has 15 heavy (non-hydrogen) atoms. The molecule has 0 aromatic carbocycles. The van der Waals surface area contributed by atoms with Gasteiger partial charge in [-0.3, -0.25) is 9.69 Å². The molecule has 5 heteroatoms. The van der Waals surface area contributed by atoms with Crippen molar-refractivity contribution in [3.8, 4) is 6.07 Å².